The Balaban J connectivity index is 1.35. The third-order valence-corrected chi connectivity index (χ3v) is 6.32. The third kappa shape index (κ3) is 6.46. The van der Waals surface area contributed by atoms with Crippen LogP contribution in [0.1, 0.15) is 6.92 Å². The van der Waals surface area contributed by atoms with Crippen molar-refractivity contribution in [1.82, 2.24) is 24.6 Å². The van der Waals surface area contributed by atoms with E-state index in [1.807, 2.05) is 6.92 Å². The van der Waals surface area contributed by atoms with Gasteiger partial charge < -0.3 is 30.0 Å². The number of fused-ring (bicyclic) bond motifs is 1. The Bertz CT molecular complexity index is 1600. The predicted molar refractivity (Wildman–Crippen MR) is 146 cm³/mol. The first-order valence-electron chi connectivity index (χ1n) is 13.0. The second kappa shape index (κ2) is 12.6. The number of aromatic nitrogens is 4. The van der Waals surface area contributed by atoms with Crippen molar-refractivity contribution >= 4 is 40.1 Å². The Kier molecular flexibility index (Phi) is 8.57. The highest BCUT2D eigenvalue weighted by Gasteiger charge is 2.28. The highest BCUT2D eigenvalue weighted by atomic mass is 19.2. The maximum atomic E-state index is 13.9. The van der Waals surface area contributed by atoms with Crippen molar-refractivity contribution in [2.75, 3.05) is 43.6 Å². The van der Waals surface area contributed by atoms with Crippen molar-refractivity contribution < 1.29 is 37.7 Å². The van der Waals surface area contributed by atoms with Crippen molar-refractivity contribution in [3.8, 4) is 11.5 Å². The lowest BCUT2D eigenvalue weighted by molar-refractivity contribution is -0.116. The summed E-state index contributed by atoms with van der Waals surface area (Å²) in [6.45, 7) is 2.73. The lowest BCUT2D eigenvalue weighted by Crippen LogP contribution is -2.50. The van der Waals surface area contributed by atoms with Crippen molar-refractivity contribution in [2.45, 2.75) is 19.5 Å². The number of halogens is 2. The molecule has 0 radical (unpaired) electrons. The summed E-state index contributed by atoms with van der Waals surface area (Å²) >= 11 is 0. The molecule has 2 aromatic carbocycles. The monoisotopic (exact) mass is 583 g/mol. The number of carbonyl (C=O) groups is 2. The highest BCUT2D eigenvalue weighted by molar-refractivity contribution is 5.96. The molecule has 42 heavy (non-hydrogen) atoms. The van der Waals surface area contributed by atoms with Crippen LogP contribution in [-0.4, -0.2) is 80.8 Å². The average Bonchev–Trinajstić information content (AvgIpc) is 3.40. The molecule has 3 heterocycles. The minimum absolute atomic E-state index is 0.0181. The Morgan fingerprint density at radius 1 is 1.21 bits per heavy atom. The zero-order valence-corrected chi connectivity index (χ0v) is 22.4. The van der Waals surface area contributed by atoms with Crippen LogP contribution < -0.4 is 20.1 Å². The van der Waals surface area contributed by atoms with Crippen molar-refractivity contribution in [2.24, 2.45) is 0 Å². The van der Waals surface area contributed by atoms with E-state index >= 15 is 0 Å². The Morgan fingerprint density at radius 3 is 2.88 bits per heavy atom. The fourth-order valence-electron chi connectivity index (χ4n) is 4.41. The van der Waals surface area contributed by atoms with Crippen LogP contribution in [0.2, 0.25) is 0 Å². The van der Waals surface area contributed by atoms with Gasteiger partial charge in [-0.2, -0.15) is 5.10 Å². The Labute approximate surface area is 238 Å². The molecule has 1 atom stereocenters. The second-order valence-electron chi connectivity index (χ2n) is 9.19. The fraction of sp³-hybridized carbons (Fsp3) is 0.296. The van der Waals surface area contributed by atoms with E-state index in [0.29, 0.717) is 47.1 Å². The van der Waals surface area contributed by atoms with E-state index in [9.17, 15) is 23.5 Å². The molecule has 0 unspecified atom stereocenters. The minimum atomic E-state index is -1.15. The van der Waals surface area contributed by atoms with Crippen LogP contribution in [-0.2, 0) is 16.1 Å². The summed E-state index contributed by atoms with van der Waals surface area (Å²) < 4.78 is 45.9. The molecule has 3 N–H and O–H groups in total. The lowest BCUT2D eigenvalue weighted by atomic mass is 10.2. The molecule has 1 aliphatic heterocycles. The number of nitrogens with one attached hydrogen (secondary N) is 2. The van der Waals surface area contributed by atoms with E-state index in [-0.39, 0.29) is 32.0 Å². The van der Waals surface area contributed by atoms with Gasteiger partial charge in [-0.25, -0.2) is 23.5 Å². The first-order chi connectivity index (χ1) is 20.3. The van der Waals surface area contributed by atoms with Gasteiger partial charge in [0, 0.05) is 24.9 Å². The standard InChI is InChI=1S/C27H27F2N7O6/c1-2-41-18-8-21-24(22(9-18)42-14-17-13-40-7-6-36(17)27(38)39)26(31-15-30-21)33-16-10-32-35(11-16)12-23(37)34-20-5-3-4-19(28)25(20)29/h3-5,8-11,15,17H,2,6-7,12-14H2,1H3,(H,34,37)(H,38,39)(H,30,31,33)/t17-/m1/s1. The van der Waals surface area contributed by atoms with Crippen LogP contribution in [0.4, 0.5) is 30.8 Å². The average molecular weight is 584 g/mol. The summed E-state index contributed by atoms with van der Waals surface area (Å²) in [5, 5.41) is 19.7. The van der Waals surface area contributed by atoms with Gasteiger partial charge in [-0.15, -0.1) is 0 Å². The van der Waals surface area contributed by atoms with E-state index in [4.69, 9.17) is 14.2 Å². The second-order valence-corrected chi connectivity index (χ2v) is 9.19. The number of anilines is 3. The van der Waals surface area contributed by atoms with Gasteiger partial charge in [-0.05, 0) is 19.1 Å². The molecule has 4 aromatic rings. The van der Waals surface area contributed by atoms with Crippen LogP contribution in [0.15, 0.2) is 49.1 Å². The van der Waals surface area contributed by atoms with E-state index in [0.717, 1.165) is 6.07 Å². The molecule has 2 amide bonds. The largest absolute Gasteiger partial charge is 0.494 e. The zero-order valence-electron chi connectivity index (χ0n) is 22.4. The number of morpholine rings is 1. The topological polar surface area (TPSA) is 153 Å². The van der Waals surface area contributed by atoms with Crippen LogP contribution in [0.5, 0.6) is 11.5 Å². The molecule has 15 heteroatoms. The minimum Gasteiger partial charge on any atom is -0.494 e. The summed E-state index contributed by atoms with van der Waals surface area (Å²) in [5.74, 6) is -1.60. The third-order valence-electron chi connectivity index (χ3n) is 6.32. The number of benzene rings is 2. The smallest absolute Gasteiger partial charge is 0.407 e. The zero-order chi connectivity index (χ0) is 29.6. The molecule has 13 nitrogen and oxygen atoms in total. The van der Waals surface area contributed by atoms with Crippen LogP contribution in [0.3, 0.4) is 0 Å². The first kappa shape index (κ1) is 28.5. The summed E-state index contributed by atoms with van der Waals surface area (Å²) in [4.78, 5) is 34.1. The molecule has 0 bridgehead atoms. The quantitative estimate of drug-likeness (QED) is 0.252. The highest BCUT2D eigenvalue weighted by Crippen LogP contribution is 2.35. The molecule has 2 aromatic heterocycles. The van der Waals surface area contributed by atoms with Gasteiger partial charge in [-0.3, -0.25) is 14.4 Å². The van der Waals surface area contributed by atoms with Crippen LogP contribution in [0.25, 0.3) is 10.9 Å². The molecule has 0 saturated carbocycles. The number of amides is 2. The number of ether oxygens (including phenoxy) is 3. The molecule has 1 fully saturated rings. The number of carbonyl (C=O) groups excluding carboxylic acids is 1. The lowest BCUT2D eigenvalue weighted by Gasteiger charge is -2.33. The summed E-state index contributed by atoms with van der Waals surface area (Å²) in [5.41, 5.74) is 0.702. The van der Waals surface area contributed by atoms with Gasteiger partial charge in [0.05, 0.1) is 54.3 Å². The van der Waals surface area contributed by atoms with Gasteiger partial charge in [0.15, 0.2) is 11.6 Å². The normalized spacial score (nSPS) is 14.9. The number of hydrogen-bond donors (Lipinski definition) is 3. The van der Waals surface area contributed by atoms with Gasteiger partial charge in [0.25, 0.3) is 0 Å². The van der Waals surface area contributed by atoms with E-state index < -0.39 is 29.7 Å². The Hall–Kier alpha value is -5.05. The molecule has 1 aliphatic rings. The van der Waals surface area contributed by atoms with Gasteiger partial charge in [0.2, 0.25) is 5.91 Å². The van der Waals surface area contributed by atoms with E-state index in [1.54, 1.807) is 12.1 Å². The predicted octanol–water partition coefficient (Wildman–Crippen LogP) is 3.64. The maximum Gasteiger partial charge on any atom is 0.407 e. The SMILES string of the molecule is CCOc1cc(OC[C@H]2COCCN2C(=O)O)c2c(Nc3cnn(CC(=O)Nc4cccc(F)c4F)c3)ncnc2c1. The number of nitrogens with zero attached hydrogens (tertiary/aromatic N) is 5. The van der Waals surface area contributed by atoms with E-state index in [1.165, 1.54) is 40.4 Å². The van der Waals surface area contributed by atoms with Gasteiger partial charge in [0.1, 0.15) is 36.8 Å². The maximum absolute atomic E-state index is 13.9. The number of rotatable bonds is 10. The fourth-order valence-corrected chi connectivity index (χ4v) is 4.41. The van der Waals surface area contributed by atoms with Gasteiger partial charge >= 0.3 is 6.09 Å². The molecule has 0 aliphatic carbocycles. The van der Waals surface area contributed by atoms with Crippen molar-refractivity contribution in [3.05, 3.63) is 60.7 Å². The van der Waals surface area contributed by atoms with E-state index in [2.05, 4.69) is 25.7 Å². The molecule has 1 saturated heterocycles. The van der Waals surface area contributed by atoms with Crippen LogP contribution >= 0.6 is 0 Å². The van der Waals surface area contributed by atoms with Gasteiger partial charge in [-0.1, -0.05) is 6.07 Å². The summed E-state index contributed by atoms with van der Waals surface area (Å²) in [6, 6.07) is 6.38. The van der Waals surface area contributed by atoms with Crippen molar-refractivity contribution in [1.29, 1.82) is 0 Å². The number of hydrogen-bond acceptors (Lipinski definition) is 9. The molecular weight excluding hydrogens is 556 g/mol. The van der Waals surface area contributed by atoms with Crippen LogP contribution in [0, 0.1) is 11.6 Å². The molecule has 220 valence electrons. The van der Waals surface area contributed by atoms with Crippen molar-refractivity contribution in [3.63, 3.8) is 0 Å². The number of carboxylic acid groups (broad SMARTS) is 1. The molecule has 0 spiro atoms. The summed E-state index contributed by atoms with van der Waals surface area (Å²) in [6.07, 6.45) is 3.30. The first-order valence-corrected chi connectivity index (χ1v) is 13.0. The molecular formula is C27H27F2N7O6. The summed E-state index contributed by atoms with van der Waals surface area (Å²) in [7, 11) is 0. The molecule has 5 rings (SSSR count). The Morgan fingerprint density at radius 2 is 2.07 bits per heavy atom.